The number of halogens is 3. The topological polar surface area (TPSA) is 106 Å². The first-order valence-corrected chi connectivity index (χ1v) is 8.76. The van der Waals surface area contributed by atoms with Gasteiger partial charge >= 0.3 is 15.4 Å². The van der Waals surface area contributed by atoms with Crippen LogP contribution < -0.4 is 0 Å². The van der Waals surface area contributed by atoms with Crippen molar-refractivity contribution in [2.45, 2.75) is 17.8 Å². The molecule has 0 aliphatic carbocycles. The second-order valence-corrected chi connectivity index (χ2v) is 6.60. The zero-order chi connectivity index (χ0) is 20.5. The van der Waals surface area contributed by atoms with Crippen molar-refractivity contribution in [3.63, 3.8) is 0 Å². The Hall–Kier alpha value is -2.71. The average Bonchev–Trinajstić information content (AvgIpc) is 2.65. The lowest BCUT2D eigenvalue weighted by molar-refractivity contribution is -0.108. The summed E-state index contributed by atoms with van der Waals surface area (Å²) in [5.74, 6) is -1.09. The molecule has 146 valence electrons. The number of nitrogens with zero attached hydrogens (tertiary/aromatic N) is 2. The van der Waals surface area contributed by atoms with Crippen LogP contribution in [0.1, 0.15) is 12.0 Å². The van der Waals surface area contributed by atoms with E-state index in [2.05, 4.69) is 14.2 Å². The van der Waals surface area contributed by atoms with E-state index >= 15 is 0 Å². The molecule has 0 radical (unpaired) electrons. The molecule has 0 spiro atoms. The number of benzene rings is 1. The number of allylic oxidation sites excluding steroid dienone is 1. The minimum absolute atomic E-state index is 0.457. The summed E-state index contributed by atoms with van der Waals surface area (Å²) in [6.07, 6.45) is -1.88. The van der Waals surface area contributed by atoms with Crippen molar-refractivity contribution in [1.82, 2.24) is 0 Å². The summed E-state index contributed by atoms with van der Waals surface area (Å²) in [5.41, 5.74) is -0.518. The highest BCUT2D eigenvalue weighted by atomic mass is 32.2. The number of alkyl halides is 3. The van der Waals surface area contributed by atoms with Crippen LogP contribution in [0.25, 0.3) is 6.08 Å². The van der Waals surface area contributed by atoms with E-state index in [4.69, 9.17) is 5.26 Å². The summed E-state index contributed by atoms with van der Waals surface area (Å²) in [4.78, 5) is 11.8. The predicted octanol–water partition coefficient (Wildman–Crippen LogP) is 2.46. The summed E-state index contributed by atoms with van der Waals surface area (Å²) >= 11 is 0. The number of ether oxygens (including phenoxy) is 1. The molecular weight excluding hydrogens is 389 g/mol. The lowest BCUT2D eigenvalue weighted by Gasteiger charge is -2.18. The number of methoxy groups -OCH3 is 1. The van der Waals surface area contributed by atoms with E-state index in [1.807, 2.05) is 0 Å². The van der Waals surface area contributed by atoms with E-state index in [9.17, 15) is 26.4 Å². The quantitative estimate of drug-likeness (QED) is 0.337. The Labute approximate surface area is 153 Å². The largest absolute Gasteiger partial charge is 0.412 e. The molecule has 1 rings (SSSR count). The van der Waals surface area contributed by atoms with Crippen LogP contribution in [0.4, 0.5) is 13.2 Å². The standard InChI is InChI=1S/C16H15F3N2O5S/c1-25-10-9-15(17)16(18,19)27(23,24)26-21-13(11-20)14(22)8-7-12-5-3-2-4-6-12/h2-8,15H,9-10H2,1H3/b8-7+,21-13+. The van der Waals surface area contributed by atoms with E-state index in [0.717, 1.165) is 13.2 Å². The first-order chi connectivity index (χ1) is 12.7. The smallest absolute Gasteiger partial charge is 0.385 e. The van der Waals surface area contributed by atoms with Crippen molar-refractivity contribution in [3.8, 4) is 6.07 Å². The molecule has 0 aliphatic rings. The minimum atomic E-state index is -5.87. The van der Waals surface area contributed by atoms with Crippen LogP contribution in [0.2, 0.25) is 0 Å². The third kappa shape index (κ3) is 6.19. The Morgan fingerprint density at radius 2 is 2.00 bits per heavy atom. The van der Waals surface area contributed by atoms with Gasteiger partial charge < -0.3 is 4.74 Å². The van der Waals surface area contributed by atoms with Gasteiger partial charge in [0.2, 0.25) is 11.5 Å². The first kappa shape index (κ1) is 22.3. The van der Waals surface area contributed by atoms with Gasteiger partial charge in [-0.25, -0.2) is 4.39 Å². The van der Waals surface area contributed by atoms with Crippen molar-refractivity contribution in [2.75, 3.05) is 13.7 Å². The highest BCUT2D eigenvalue weighted by Gasteiger charge is 2.55. The number of hydrogen-bond donors (Lipinski definition) is 0. The van der Waals surface area contributed by atoms with Gasteiger partial charge in [0.15, 0.2) is 6.17 Å². The zero-order valence-electron chi connectivity index (χ0n) is 14.0. The van der Waals surface area contributed by atoms with Crippen molar-refractivity contribution < 1.29 is 35.4 Å². The van der Waals surface area contributed by atoms with E-state index in [-0.39, 0.29) is 0 Å². The van der Waals surface area contributed by atoms with Crippen molar-refractivity contribution in [3.05, 3.63) is 42.0 Å². The molecule has 0 amide bonds. The summed E-state index contributed by atoms with van der Waals surface area (Å²) in [6.45, 7) is -0.457. The van der Waals surface area contributed by atoms with Crippen molar-refractivity contribution >= 4 is 27.7 Å². The molecule has 1 aromatic carbocycles. The maximum atomic E-state index is 13.6. The molecule has 0 saturated carbocycles. The third-order valence-electron chi connectivity index (χ3n) is 3.07. The van der Waals surface area contributed by atoms with Gasteiger partial charge in [0, 0.05) is 20.1 Å². The van der Waals surface area contributed by atoms with Crippen LogP contribution in [0, 0.1) is 11.3 Å². The highest BCUT2D eigenvalue weighted by molar-refractivity contribution is 7.87. The van der Waals surface area contributed by atoms with Crippen LogP contribution in [-0.2, 0) is 23.9 Å². The molecule has 0 heterocycles. The molecule has 0 aliphatic heterocycles. The number of rotatable bonds is 10. The minimum Gasteiger partial charge on any atom is -0.385 e. The molecule has 7 nitrogen and oxygen atoms in total. The maximum absolute atomic E-state index is 13.6. The van der Waals surface area contributed by atoms with Gasteiger partial charge in [-0.1, -0.05) is 36.4 Å². The van der Waals surface area contributed by atoms with Gasteiger partial charge in [0.05, 0.1) is 0 Å². The molecule has 1 atom stereocenters. The fourth-order valence-electron chi connectivity index (χ4n) is 1.62. The summed E-state index contributed by atoms with van der Waals surface area (Å²) in [7, 11) is -4.76. The fourth-order valence-corrected chi connectivity index (χ4v) is 2.32. The number of nitriles is 1. The lowest BCUT2D eigenvalue weighted by Crippen LogP contribution is -2.40. The SMILES string of the molecule is COCCC(F)C(F)(F)S(=O)(=O)O/N=C(\C#N)C(=O)/C=C/c1ccccc1. The Kier molecular flexibility index (Phi) is 8.14. The van der Waals surface area contributed by atoms with Crippen molar-refractivity contribution in [1.29, 1.82) is 5.26 Å². The van der Waals surface area contributed by atoms with Crippen LogP contribution in [0.5, 0.6) is 0 Å². The molecule has 1 aromatic rings. The Bertz CT molecular complexity index is 849. The van der Waals surface area contributed by atoms with Crippen molar-refractivity contribution in [2.24, 2.45) is 5.16 Å². The second-order valence-electron chi connectivity index (χ2n) is 5.00. The molecule has 0 aromatic heterocycles. The van der Waals surface area contributed by atoms with Gasteiger partial charge in [-0.05, 0) is 16.8 Å². The fraction of sp³-hybridized carbons (Fsp3) is 0.312. The molecule has 0 fully saturated rings. The van der Waals surface area contributed by atoms with E-state index < -0.39 is 46.1 Å². The summed E-state index contributed by atoms with van der Waals surface area (Å²) in [6, 6.07) is 9.58. The molecule has 27 heavy (non-hydrogen) atoms. The predicted molar refractivity (Wildman–Crippen MR) is 89.9 cm³/mol. The highest BCUT2D eigenvalue weighted by Crippen LogP contribution is 2.31. The second kappa shape index (κ2) is 9.84. The van der Waals surface area contributed by atoms with Gasteiger partial charge in [0.1, 0.15) is 6.07 Å². The third-order valence-corrected chi connectivity index (χ3v) is 4.26. The Morgan fingerprint density at radius 1 is 1.37 bits per heavy atom. The summed E-state index contributed by atoms with van der Waals surface area (Å²) in [5, 5.41) is 6.53. The molecule has 1 unspecified atom stereocenters. The number of oxime groups is 1. The van der Waals surface area contributed by atoms with Crippen LogP contribution in [0.15, 0.2) is 41.6 Å². The Balaban J connectivity index is 2.91. The monoisotopic (exact) mass is 404 g/mol. The molecule has 0 bridgehead atoms. The van der Waals surface area contributed by atoms with Gasteiger partial charge in [-0.2, -0.15) is 22.5 Å². The van der Waals surface area contributed by atoms with Gasteiger partial charge in [-0.15, -0.1) is 0 Å². The zero-order valence-corrected chi connectivity index (χ0v) is 14.8. The van der Waals surface area contributed by atoms with Crippen LogP contribution in [-0.4, -0.2) is 45.1 Å². The van der Waals surface area contributed by atoms with Gasteiger partial charge in [0.25, 0.3) is 0 Å². The average molecular weight is 404 g/mol. The first-order valence-electron chi connectivity index (χ1n) is 7.35. The van der Waals surface area contributed by atoms with E-state index in [0.29, 0.717) is 5.56 Å². The van der Waals surface area contributed by atoms with E-state index in [1.54, 1.807) is 30.3 Å². The number of carbonyl (C=O) groups excluding carboxylic acids is 1. The normalized spacial score (nSPS) is 14.0. The number of hydrogen-bond acceptors (Lipinski definition) is 7. The van der Waals surface area contributed by atoms with Crippen LogP contribution >= 0.6 is 0 Å². The molecule has 0 N–H and O–H groups in total. The summed E-state index contributed by atoms with van der Waals surface area (Å²) < 4.78 is 71.8. The number of ketones is 1. The maximum Gasteiger partial charge on any atom is 0.412 e. The van der Waals surface area contributed by atoms with E-state index in [1.165, 1.54) is 12.1 Å². The van der Waals surface area contributed by atoms with Crippen LogP contribution in [0.3, 0.4) is 0 Å². The molecule has 11 heteroatoms. The lowest BCUT2D eigenvalue weighted by atomic mass is 10.1. The number of carbonyl (C=O) groups is 1. The van der Waals surface area contributed by atoms with Gasteiger partial charge in [-0.3, -0.25) is 9.08 Å². The Morgan fingerprint density at radius 3 is 2.56 bits per heavy atom. The molecular formula is C16H15F3N2O5S. The molecule has 0 saturated heterocycles.